The van der Waals surface area contributed by atoms with Crippen LogP contribution in [0.15, 0.2) is 62.2 Å². The molecule has 1 heterocycles. The summed E-state index contributed by atoms with van der Waals surface area (Å²) >= 11 is 3.33. The SMILES string of the molecule is CCc1cc(=O)oc2cc(OCC(=O)c3ccc(Br)cc3)ccc12. The van der Waals surface area contributed by atoms with E-state index in [1.54, 1.807) is 24.3 Å². The van der Waals surface area contributed by atoms with Crippen molar-refractivity contribution < 1.29 is 13.9 Å². The van der Waals surface area contributed by atoms with Crippen molar-refractivity contribution in [3.63, 3.8) is 0 Å². The minimum absolute atomic E-state index is 0.0785. The summed E-state index contributed by atoms with van der Waals surface area (Å²) in [6.07, 6.45) is 0.740. The number of ketones is 1. The van der Waals surface area contributed by atoms with Crippen molar-refractivity contribution in [1.29, 1.82) is 0 Å². The summed E-state index contributed by atoms with van der Waals surface area (Å²) in [4.78, 5) is 23.7. The van der Waals surface area contributed by atoms with Crippen molar-refractivity contribution in [2.45, 2.75) is 13.3 Å². The monoisotopic (exact) mass is 386 g/mol. The molecule has 0 saturated carbocycles. The molecule has 0 radical (unpaired) electrons. The maximum atomic E-state index is 12.1. The Morgan fingerprint density at radius 2 is 1.88 bits per heavy atom. The summed E-state index contributed by atoms with van der Waals surface area (Å²) in [6.45, 7) is 1.90. The minimum atomic E-state index is -0.387. The third-order valence-corrected chi connectivity index (χ3v) is 4.25. The summed E-state index contributed by atoms with van der Waals surface area (Å²) in [7, 11) is 0. The highest BCUT2D eigenvalue weighted by molar-refractivity contribution is 9.10. The quantitative estimate of drug-likeness (QED) is 0.482. The lowest BCUT2D eigenvalue weighted by atomic mass is 10.1. The van der Waals surface area contributed by atoms with E-state index >= 15 is 0 Å². The Hall–Kier alpha value is -2.40. The summed E-state index contributed by atoms with van der Waals surface area (Å²) < 4.78 is 11.7. The van der Waals surface area contributed by atoms with Crippen molar-refractivity contribution in [3.05, 3.63) is 74.6 Å². The Morgan fingerprint density at radius 3 is 2.58 bits per heavy atom. The van der Waals surface area contributed by atoms with Crippen molar-refractivity contribution >= 4 is 32.7 Å². The molecule has 0 aliphatic carbocycles. The van der Waals surface area contributed by atoms with Gasteiger partial charge in [0.15, 0.2) is 12.4 Å². The fraction of sp³-hybridized carbons (Fsp3) is 0.158. The number of Topliss-reactive ketones (excluding diaryl/α,β-unsaturated/α-hetero) is 1. The smallest absolute Gasteiger partial charge is 0.336 e. The highest BCUT2D eigenvalue weighted by atomic mass is 79.9. The summed E-state index contributed by atoms with van der Waals surface area (Å²) in [5.41, 5.74) is 1.59. The molecular formula is C19H15BrO4. The van der Waals surface area contributed by atoms with Gasteiger partial charge >= 0.3 is 5.63 Å². The number of carbonyl (C=O) groups is 1. The van der Waals surface area contributed by atoms with E-state index in [2.05, 4.69) is 15.9 Å². The fourth-order valence-corrected chi connectivity index (χ4v) is 2.72. The molecule has 122 valence electrons. The lowest BCUT2D eigenvalue weighted by molar-refractivity contribution is 0.0921. The van der Waals surface area contributed by atoms with E-state index in [-0.39, 0.29) is 18.0 Å². The Labute approximate surface area is 147 Å². The zero-order chi connectivity index (χ0) is 17.1. The molecule has 0 aliphatic heterocycles. The second-order valence-electron chi connectivity index (χ2n) is 5.32. The summed E-state index contributed by atoms with van der Waals surface area (Å²) in [5, 5.41) is 0.878. The van der Waals surface area contributed by atoms with Crippen LogP contribution in [0.3, 0.4) is 0 Å². The normalized spacial score (nSPS) is 10.8. The number of hydrogen-bond donors (Lipinski definition) is 0. The van der Waals surface area contributed by atoms with Crippen LogP contribution in [0.1, 0.15) is 22.8 Å². The van der Waals surface area contributed by atoms with Crippen LogP contribution in [0.2, 0.25) is 0 Å². The highest BCUT2D eigenvalue weighted by Gasteiger charge is 2.09. The molecule has 3 aromatic rings. The maximum Gasteiger partial charge on any atom is 0.336 e. The zero-order valence-corrected chi connectivity index (χ0v) is 14.6. The lowest BCUT2D eigenvalue weighted by Crippen LogP contribution is -2.11. The Kier molecular flexibility index (Phi) is 4.81. The van der Waals surface area contributed by atoms with Crippen molar-refractivity contribution in [2.24, 2.45) is 0 Å². The van der Waals surface area contributed by atoms with Gasteiger partial charge in [0.2, 0.25) is 0 Å². The number of fused-ring (bicyclic) bond motifs is 1. The van der Waals surface area contributed by atoms with E-state index in [0.717, 1.165) is 21.8 Å². The molecule has 0 spiro atoms. The first kappa shape index (κ1) is 16.5. The van der Waals surface area contributed by atoms with Gasteiger partial charge in [-0.15, -0.1) is 0 Å². The molecule has 3 rings (SSSR count). The first-order valence-corrected chi connectivity index (χ1v) is 8.34. The Morgan fingerprint density at radius 1 is 1.12 bits per heavy atom. The molecule has 0 amide bonds. The molecule has 0 N–H and O–H groups in total. The molecule has 2 aromatic carbocycles. The standard InChI is InChI=1S/C19H15BrO4/c1-2-12-9-19(22)24-18-10-15(7-8-16(12)18)23-11-17(21)13-3-5-14(20)6-4-13/h3-10H,2,11H2,1H3. The zero-order valence-electron chi connectivity index (χ0n) is 13.0. The fourth-order valence-electron chi connectivity index (χ4n) is 2.46. The molecule has 0 aliphatic rings. The van der Waals surface area contributed by atoms with E-state index < -0.39 is 0 Å². The molecular weight excluding hydrogens is 372 g/mol. The van der Waals surface area contributed by atoms with Crippen molar-refractivity contribution in [1.82, 2.24) is 0 Å². The number of ether oxygens (including phenoxy) is 1. The molecule has 0 bridgehead atoms. The molecule has 0 atom stereocenters. The van der Waals surface area contributed by atoms with Gasteiger partial charge in [-0.2, -0.15) is 0 Å². The summed E-state index contributed by atoms with van der Waals surface area (Å²) in [6, 6.07) is 13.9. The maximum absolute atomic E-state index is 12.1. The minimum Gasteiger partial charge on any atom is -0.485 e. The van der Waals surface area contributed by atoms with Crippen molar-refractivity contribution in [3.8, 4) is 5.75 Å². The van der Waals surface area contributed by atoms with Crippen LogP contribution >= 0.6 is 15.9 Å². The summed E-state index contributed by atoms with van der Waals surface area (Å²) in [5.74, 6) is 0.371. The largest absolute Gasteiger partial charge is 0.485 e. The predicted octanol–water partition coefficient (Wildman–Crippen LogP) is 4.38. The van der Waals surface area contributed by atoms with Gasteiger partial charge in [0, 0.05) is 27.6 Å². The van der Waals surface area contributed by atoms with Crippen LogP contribution in [-0.2, 0) is 6.42 Å². The average Bonchev–Trinajstić information content (AvgIpc) is 2.59. The van der Waals surface area contributed by atoms with E-state index in [4.69, 9.17) is 9.15 Å². The van der Waals surface area contributed by atoms with Gasteiger partial charge in [-0.1, -0.05) is 35.0 Å². The molecule has 0 fully saturated rings. The predicted molar refractivity (Wildman–Crippen MR) is 95.8 cm³/mol. The number of benzene rings is 2. The number of halogens is 1. The van der Waals surface area contributed by atoms with Gasteiger partial charge in [-0.05, 0) is 36.2 Å². The molecule has 4 nitrogen and oxygen atoms in total. The Balaban J connectivity index is 1.79. The van der Waals surface area contributed by atoms with E-state index in [1.165, 1.54) is 6.07 Å². The number of rotatable bonds is 5. The number of carbonyl (C=O) groups excluding carboxylic acids is 1. The van der Waals surface area contributed by atoms with Gasteiger partial charge in [-0.3, -0.25) is 4.79 Å². The van der Waals surface area contributed by atoms with Gasteiger partial charge < -0.3 is 9.15 Å². The van der Waals surface area contributed by atoms with E-state index in [1.807, 2.05) is 25.1 Å². The third kappa shape index (κ3) is 3.57. The van der Waals surface area contributed by atoms with Crippen LogP contribution in [0.25, 0.3) is 11.0 Å². The number of hydrogen-bond acceptors (Lipinski definition) is 4. The second-order valence-corrected chi connectivity index (χ2v) is 6.24. The second kappa shape index (κ2) is 7.01. The molecule has 0 unspecified atom stereocenters. The van der Waals surface area contributed by atoms with Crippen LogP contribution in [-0.4, -0.2) is 12.4 Å². The van der Waals surface area contributed by atoms with Crippen LogP contribution in [0, 0.1) is 0 Å². The molecule has 24 heavy (non-hydrogen) atoms. The van der Waals surface area contributed by atoms with E-state index in [0.29, 0.717) is 16.9 Å². The van der Waals surface area contributed by atoms with Gasteiger partial charge in [-0.25, -0.2) is 4.79 Å². The lowest BCUT2D eigenvalue weighted by Gasteiger charge is -2.08. The van der Waals surface area contributed by atoms with Crippen LogP contribution in [0.4, 0.5) is 0 Å². The molecule has 0 saturated heterocycles. The van der Waals surface area contributed by atoms with Crippen LogP contribution < -0.4 is 10.4 Å². The van der Waals surface area contributed by atoms with Gasteiger partial charge in [0.25, 0.3) is 0 Å². The third-order valence-electron chi connectivity index (χ3n) is 3.72. The first-order chi connectivity index (χ1) is 11.6. The topological polar surface area (TPSA) is 56.5 Å². The first-order valence-electron chi connectivity index (χ1n) is 7.55. The van der Waals surface area contributed by atoms with Gasteiger partial charge in [0.1, 0.15) is 11.3 Å². The highest BCUT2D eigenvalue weighted by Crippen LogP contribution is 2.23. The molecule has 1 aromatic heterocycles. The van der Waals surface area contributed by atoms with Crippen molar-refractivity contribution in [2.75, 3.05) is 6.61 Å². The Bertz CT molecular complexity index is 942. The molecule has 5 heteroatoms. The number of aryl methyl sites for hydroxylation is 1. The van der Waals surface area contributed by atoms with E-state index in [9.17, 15) is 9.59 Å². The average molecular weight is 387 g/mol. The van der Waals surface area contributed by atoms with Crippen LogP contribution in [0.5, 0.6) is 5.75 Å². The van der Waals surface area contributed by atoms with Gasteiger partial charge in [0.05, 0.1) is 0 Å².